The molecule has 2 heterocycles. The maximum Gasteiger partial charge on any atom is 0.410 e. The Morgan fingerprint density at radius 1 is 1.13 bits per heavy atom. The van der Waals surface area contributed by atoms with Crippen molar-refractivity contribution in [2.75, 3.05) is 6.54 Å². The van der Waals surface area contributed by atoms with Crippen LogP contribution in [0.25, 0.3) is 0 Å². The van der Waals surface area contributed by atoms with E-state index in [1.165, 1.54) is 4.90 Å². The number of aromatic carboxylic acids is 1. The van der Waals surface area contributed by atoms with Gasteiger partial charge in [-0.1, -0.05) is 20.8 Å². The highest BCUT2D eigenvalue weighted by atomic mass is 16.6. The minimum atomic E-state index is -1.07. The maximum absolute atomic E-state index is 12.2. The van der Waals surface area contributed by atoms with Crippen molar-refractivity contribution < 1.29 is 19.4 Å². The number of hydrogen-bond acceptors (Lipinski definition) is 4. The van der Waals surface area contributed by atoms with Crippen molar-refractivity contribution in [1.29, 1.82) is 0 Å². The lowest BCUT2D eigenvalue weighted by Crippen LogP contribution is -2.42. The van der Waals surface area contributed by atoms with Crippen LogP contribution in [0.15, 0.2) is 0 Å². The largest absolute Gasteiger partial charge is 0.476 e. The molecule has 0 aliphatic carbocycles. The quantitative estimate of drug-likeness (QED) is 0.859. The molecule has 128 valence electrons. The number of imidazole rings is 1. The summed E-state index contributed by atoms with van der Waals surface area (Å²) in [5, 5.41) is 9.42. The third-order valence-corrected chi connectivity index (χ3v) is 3.53. The van der Waals surface area contributed by atoms with Crippen molar-refractivity contribution in [3.63, 3.8) is 0 Å². The molecule has 0 atom stereocenters. The molecule has 7 heteroatoms. The molecule has 1 aromatic rings. The summed E-state index contributed by atoms with van der Waals surface area (Å²) >= 11 is 0. The summed E-state index contributed by atoms with van der Waals surface area (Å²) in [6.07, 6.45) is -0.432. The standard InChI is InChI=1S/C16H25N3O4/c1-15(2,3)13-17-11(12(20)21)10-9-18(7-8-19(10)13)14(22)23-16(4,5)6/h7-9H2,1-6H3,(H,20,21). The van der Waals surface area contributed by atoms with Crippen LogP contribution >= 0.6 is 0 Å². The number of ether oxygens (including phenoxy) is 1. The Kier molecular flexibility index (Phi) is 4.17. The van der Waals surface area contributed by atoms with Crippen molar-refractivity contribution in [3.05, 3.63) is 17.2 Å². The van der Waals surface area contributed by atoms with Gasteiger partial charge in [-0.2, -0.15) is 0 Å². The van der Waals surface area contributed by atoms with Crippen LogP contribution in [0.4, 0.5) is 4.79 Å². The maximum atomic E-state index is 12.2. The van der Waals surface area contributed by atoms with Gasteiger partial charge >= 0.3 is 12.1 Å². The molecule has 0 spiro atoms. The first-order valence-corrected chi connectivity index (χ1v) is 7.71. The van der Waals surface area contributed by atoms with Gasteiger partial charge in [0.1, 0.15) is 11.4 Å². The second kappa shape index (κ2) is 5.54. The van der Waals surface area contributed by atoms with Gasteiger partial charge in [-0.3, -0.25) is 0 Å². The highest BCUT2D eigenvalue weighted by molar-refractivity contribution is 5.87. The molecule has 0 radical (unpaired) electrons. The van der Waals surface area contributed by atoms with E-state index in [0.29, 0.717) is 18.8 Å². The van der Waals surface area contributed by atoms with Crippen LogP contribution in [0.5, 0.6) is 0 Å². The van der Waals surface area contributed by atoms with Crippen molar-refractivity contribution in [1.82, 2.24) is 14.5 Å². The molecule has 0 bridgehead atoms. The van der Waals surface area contributed by atoms with Crippen molar-refractivity contribution in [2.45, 2.75) is 65.6 Å². The number of nitrogens with zero attached hydrogens (tertiary/aromatic N) is 3. The summed E-state index contributed by atoms with van der Waals surface area (Å²) in [6, 6.07) is 0. The average Bonchev–Trinajstić information content (AvgIpc) is 2.74. The number of carbonyl (C=O) groups is 2. The number of hydrogen-bond donors (Lipinski definition) is 1. The van der Waals surface area contributed by atoms with E-state index in [0.717, 1.165) is 5.82 Å². The Labute approximate surface area is 136 Å². The lowest BCUT2D eigenvalue weighted by Gasteiger charge is -2.32. The number of carbonyl (C=O) groups excluding carboxylic acids is 1. The van der Waals surface area contributed by atoms with E-state index in [9.17, 15) is 14.7 Å². The summed E-state index contributed by atoms with van der Waals surface area (Å²) in [7, 11) is 0. The summed E-state index contributed by atoms with van der Waals surface area (Å²) in [4.78, 5) is 29.6. The van der Waals surface area contributed by atoms with Crippen LogP contribution in [0.1, 0.15) is 63.5 Å². The van der Waals surface area contributed by atoms with Crippen LogP contribution in [-0.2, 0) is 23.2 Å². The zero-order chi connectivity index (χ0) is 17.6. The molecule has 1 amide bonds. The van der Waals surface area contributed by atoms with Crippen molar-refractivity contribution in [2.24, 2.45) is 0 Å². The first-order valence-electron chi connectivity index (χ1n) is 7.71. The molecule has 0 unspecified atom stereocenters. The molecule has 7 nitrogen and oxygen atoms in total. The highest BCUT2D eigenvalue weighted by Gasteiger charge is 2.34. The number of rotatable bonds is 1. The van der Waals surface area contributed by atoms with Gasteiger partial charge in [-0.05, 0) is 20.8 Å². The number of amides is 1. The minimum Gasteiger partial charge on any atom is -0.476 e. The Morgan fingerprint density at radius 2 is 1.74 bits per heavy atom. The van der Waals surface area contributed by atoms with E-state index < -0.39 is 17.7 Å². The summed E-state index contributed by atoms with van der Waals surface area (Å²) in [5.74, 6) is -0.343. The predicted molar refractivity (Wildman–Crippen MR) is 84.5 cm³/mol. The zero-order valence-corrected chi connectivity index (χ0v) is 14.6. The number of fused-ring (bicyclic) bond motifs is 1. The molecular weight excluding hydrogens is 298 g/mol. The number of carboxylic acid groups (broad SMARTS) is 1. The molecule has 1 aliphatic heterocycles. The molecule has 0 fully saturated rings. The fourth-order valence-electron chi connectivity index (χ4n) is 2.59. The minimum absolute atomic E-state index is 0.0168. The smallest absolute Gasteiger partial charge is 0.410 e. The first-order chi connectivity index (χ1) is 10.4. The van der Waals surface area contributed by atoms with E-state index in [4.69, 9.17) is 4.74 Å². The van der Waals surface area contributed by atoms with Gasteiger partial charge < -0.3 is 19.3 Å². The van der Waals surface area contributed by atoms with E-state index >= 15 is 0 Å². The third-order valence-electron chi connectivity index (χ3n) is 3.53. The Bertz CT molecular complexity index is 635. The van der Waals surface area contributed by atoms with Gasteiger partial charge in [0, 0.05) is 18.5 Å². The molecule has 0 saturated carbocycles. The Morgan fingerprint density at radius 3 is 2.22 bits per heavy atom. The van der Waals surface area contributed by atoms with Crippen LogP contribution in [0.3, 0.4) is 0 Å². The zero-order valence-electron chi connectivity index (χ0n) is 14.6. The normalized spacial score (nSPS) is 15.3. The Hall–Kier alpha value is -2.05. The monoisotopic (exact) mass is 323 g/mol. The van der Waals surface area contributed by atoms with Crippen LogP contribution in [-0.4, -0.2) is 43.8 Å². The lowest BCUT2D eigenvalue weighted by atomic mass is 9.95. The second-order valence-electron chi connectivity index (χ2n) is 7.84. The van der Waals surface area contributed by atoms with Crippen molar-refractivity contribution >= 4 is 12.1 Å². The van der Waals surface area contributed by atoms with E-state index in [1.807, 2.05) is 25.3 Å². The predicted octanol–water partition coefficient (Wildman–Crippen LogP) is 2.63. The summed E-state index contributed by atoms with van der Waals surface area (Å²) in [5.41, 5.74) is -0.278. The van der Waals surface area contributed by atoms with E-state index in [-0.39, 0.29) is 17.7 Å². The third kappa shape index (κ3) is 3.65. The summed E-state index contributed by atoms with van der Waals surface area (Å²) < 4.78 is 7.30. The van der Waals surface area contributed by atoms with Crippen molar-refractivity contribution in [3.8, 4) is 0 Å². The topological polar surface area (TPSA) is 84.7 Å². The number of aromatic nitrogens is 2. The molecule has 0 aromatic carbocycles. The molecular formula is C16H25N3O4. The van der Waals surface area contributed by atoms with Crippen LogP contribution < -0.4 is 0 Å². The van der Waals surface area contributed by atoms with Gasteiger partial charge in [0.15, 0.2) is 5.69 Å². The number of carboxylic acids is 1. The van der Waals surface area contributed by atoms with Gasteiger partial charge in [0.05, 0.1) is 12.2 Å². The summed E-state index contributed by atoms with van der Waals surface area (Å²) in [6.45, 7) is 12.6. The van der Waals surface area contributed by atoms with Crippen LogP contribution in [0, 0.1) is 0 Å². The van der Waals surface area contributed by atoms with Gasteiger partial charge in [0.2, 0.25) is 0 Å². The van der Waals surface area contributed by atoms with Gasteiger partial charge in [-0.15, -0.1) is 0 Å². The van der Waals surface area contributed by atoms with Crippen LogP contribution in [0.2, 0.25) is 0 Å². The molecule has 2 rings (SSSR count). The molecule has 1 N–H and O–H groups in total. The second-order valence-corrected chi connectivity index (χ2v) is 7.84. The fourth-order valence-corrected chi connectivity index (χ4v) is 2.59. The molecule has 1 aromatic heterocycles. The highest BCUT2D eigenvalue weighted by Crippen LogP contribution is 2.28. The van der Waals surface area contributed by atoms with E-state index in [1.54, 1.807) is 20.8 Å². The molecule has 0 saturated heterocycles. The van der Waals surface area contributed by atoms with Gasteiger partial charge in [0.25, 0.3) is 0 Å². The van der Waals surface area contributed by atoms with E-state index in [2.05, 4.69) is 4.98 Å². The van der Waals surface area contributed by atoms with Gasteiger partial charge in [-0.25, -0.2) is 14.6 Å². The SMILES string of the molecule is CC(C)(C)OC(=O)N1CCn2c(C(C)(C)C)nc(C(=O)O)c2C1. The fraction of sp³-hybridized carbons (Fsp3) is 0.688. The molecule has 1 aliphatic rings. The Balaban J connectivity index is 2.35. The first kappa shape index (κ1) is 17.3. The molecule has 23 heavy (non-hydrogen) atoms. The average molecular weight is 323 g/mol. The lowest BCUT2D eigenvalue weighted by molar-refractivity contribution is 0.0194.